The third-order valence-corrected chi connectivity index (χ3v) is 10.1. The van der Waals surface area contributed by atoms with Crippen molar-refractivity contribution in [2.75, 3.05) is 13.2 Å². The summed E-state index contributed by atoms with van der Waals surface area (Å²) in [4.78, 5) is 37.9. The minimum atomic E-state index is -0.844. The summed E-state index contributed by atoms with van der Waals surface area (Å²) in [7, 11) is 0. The molecule has 0 aliphatic heterocycles. The van der Waals surface area contributed by atoms with Gasteiger partial charge in [-0.2, -0.15) is 0 Å². The highest BCUT2D eigenvalue weighted by Crippen LogP contribution is 2.11. The summed E-state index contributed by atoms with van der Waals surface area (Å²) in [6.07, 6.45) is 73.1. The predicted molar refractivity (Wildman–Crippen MR) is 279 cm³/mol. The lowest BCUT2D eigenvalue weighted by Gasteiger charge is -2.18. The lowest BCUT2D eigenvalue weighted by atomic mass is 10.1. The zero-order chi connectivity index (χ0) is 47.2. The summed E-state index contributed by atoms with van der Waals surface area (Å²) in [5.74, 6) is -1.10. The van der Waals surface area contributed by atoms with E-state index in [1.807, 2.05) is 12.2 Å². The first-order chi connectivity index (χ1) is 32.0. The summed E-state index contributed by atoms with van der Waals surface area (Å²) in [5, 5.41) is 0. The van der Waals surface area contributed by atoms with Crippen molar-refractivity contribution < 1.29 is 28.6 Å². The van der Waals surface area contributed by atoms with Gasteiger partial charge in [-0.3, -0.25) is 14.4 Å². The van der Waals surface area contributed by atoms with E-state index in [0.29, 0.717) is 19.3 Å². The summed E-state index contributed by atoms with van der Waals surface area (Å²) >= 11 is 0. The van der Waals surface area contributed by atoms with Gasteiger partial charge in [-0.05, 0) is 116 Å². The summed E-state index contributed by atoms with van der Waals surface area (Å²) in [5.41, 5.74) is 0. The zero-order valence-corrected chi connectivity index (χ0v) is 41.4. The van der Waals surface area contributed by atoms with Crippen LogP contribution in [0.4, 0.5) is 0 Å². The third-order valence-electron chi connectivity index (χ3n) is 10.1. The number of hydrogen-bond acceptors (Lipinski definition) is 6. The molecule has 0 aromatic carbocycles. The maximum atomic E-state index is 12.8. The van der Waals surface area contributed by atoms with Gasteiger partial charge in [0.2, 0.25) is 0 Å². The fraction of sp³-hybridized carbons (Fsp3) is 0.576. The molecule has 0 saturated heterocycles. The molecule has 0 unspecified atom stereocenters. The Bertz CT molecular complexity index is 1450. The molecule has 6 heteroatoms. The number of carbonyl (C=O) groups is 3. The Kier molecular flexibility index (Phi) is 48.6. The maximum absolute atomic E-state index is 12.8. The van der Waals surface area contributed by atoms with E-state index in [-0.39, 0.29) is 38.0 Å². The topological polar surface area (TPSA) is 78.9 Å². The molecular weight excluding hydrogens is 805 g/mol. The van der Waals surface area contributed by atoms with Crippen molar-refractivity contribution in [3.8, 4) is 0 Å². The van der Waals surface area contributed by atoms with E-state index >= 15 is 0 Å². The van der Waals surface area contributed by atoms with Crippen molar-refractivity contribution in [2.45, 2.75) is 207 Å². The van der Waals surface area contributed by atoms with Gasteiger partial charge in [0.15, 0.2) is 6.10 Å². The third kappa shape index (κ3) is 50.4. The Morgan fingerprint density at radius 3 is 1.14 bits per heavy atom. The summed E-state index contributed by atoms with van der Waals surface area (Å²) in [6.45, 7) is 6.31. The second-order valence-electron chi connectivity index (χ2n) is 16.3. The molecule has 0 aromatic rings. The first kappa shape index (κ1) is 60.5. The van der Waals surface area contributed by atoms with E-state index in [1.54, 1.807) is 0 Å². The Hall–Kier alpha value is -4.45. The number of carbonyl (C=O) groups excluding carboxylic acids is 3. The molecule has 0 amide bonds. The second kappa shape index (κ2) is 52.2. The molecule has 364 valence electrons. The van der Waals surface area contributed by atoms with Crippen LogP contribution in [-0.2, 0) is 28.6 Å². The van der Waals surface area contributed by atoms with Crippen LogP contribution >= 0.6 is 0 Å². The van der Waals surface area contributed by atoms with Gasteiger partial charge in [-0.15, -0.1) is 0 Å². The average molecular weight is 897 g/mol. The van der Waals surface area contributed by atoms with Crippen molar-refractivity contribution in [1.82, 2.24) is 0 Å². The number of rotatable bonds is 44. The van der Waals surface area contributed by atoms with Crippen LogP contribution in [0.2, 0.25) is 0 Å². The van der Waals surface area contributed by atoms with Crippen molar-refractivity contribution >= 4 is 17.9 Å². The Balaban J connectivity index is 4.61. The number of unbranched alkanes of at least 4 members (excludes halogenated alkanes) is 11. The van der Waals surface area contributed by atoms with Gasteiger partial charge < -0.3 is 14.2 Å². The number of ether oxygens (including phenoxy) is 3. The standard InChI is InChI=1S/C59H92O6/c1-4-7-10-13-16-19-22-24-26-28-29-31-32-34-37-40-43-46-49-52-58(61)64-55-56(54-63-57(60)51-48-45-42-39-36-21-18-15-12-9-6-3)65-59(62)53-50-47-44-41-38-35-33-30-27-25-23-20-17-14-11-8-5-2/h7,10,15-20,24-27,29,31,33-35,37,41,43-44,46,56H,4-6,8-9,11-14,21-23,28,30,32,36,38-40,42,45,47-55H2,1-3H3/b10-7-,18-15-,19-16-,20-17-,26-24-,27-25-,31-29-,35-33-,37-34-,44-41-,46-43-/t56-/m0/s1. The largest absolute Gasteiger partial charge is 0.462 e. The average Bonchev–Trinajstić information content (AvgIpc) is 3.30. The van der Waals surface area contributed by atoms with Gasteiger partial charge in [0, 0.05) is 19.3 Å². The minimum Gasteiger partial charge on any atom is -0.462 e. The van der Waals surface area contributed by atoms with Gasteiger partial charge >= 0.3 is 17.9 Å². The van der Waals surface area contributed by atoms with Gasteiger partial charge in [0.25, 0.3) is 0 Å². The van der Waals surface area contributed by atoms with Crippen molar-refractivity contribution in [1.29, 1.82) is 0 Å². The Morgan fingerprint density at radius 1 is 0.323 bits per heavy atom. The molecule has 0 bridgehead atoms. The molecule has 0 rings (SSSR count). The summed E-state index contributed by atoms with van der Waals surface area (Å²) < 4.78 is 16.6. The van der Waals surface area contributed by atoms with Gasteiger partial charge in [0.1, 0.15) is 13.2 Å². The Labute approximate surface area is 398 Å². The first-order valence-corrected chi connectivity index (χ1v) is 25.7. The molecule has 0 aliphatic carbocycles. The highest BCUT2D eigenvalue weighted by molar-refractivity contribution is 5.71. The van der Waals surface area contributed by atoms with E-state index in [0.717, 1.165) is 96.3 Å². The monoisotopic (exact) mass is 897 g/mol. The zero-order valence-electron chi connectivity index (χ0n) is 41.4. The molecule has 6 nitrogen and oxygen atoms in total. The van der Waals surface area contributed by atoms with Crippen LogP contribution in [0.1, 0.15) is 201 Å². The molecule has 65 heavy (non-hydrogen) atoms. The van der Waals surface area contributed by atoms with Gasteiger partial charge in [-0.25, -0.2) is 0 Å². The highest BCUT2D eigenvalue weighted by atomic mass is 16.6. The van der Waals surface area contributed by atoms with E-state index in [2.05, 4.69) is 142 Å². The van der Waals surface area contributed by atoms with Crippen molar-refractivity contribution in [3.63, 3.8) is 0 Å². The summed E-state index contributed by atoms with van der Waals surface area (Å²) in [6, 6.07) is 0. The van der Waals surface area contributed by atoms with E-state index < -0.39 is 12.1 Å². The van der Waals surface area contributed by atoms with Gasteiger partial charge in [-0.1, -0.05) is 199 Å². The molecule has 1 atom stereocenters. The van der Waals surface area contributed by atoms with Crippen LogP contribution in [0.25, 0.3) is 0 Å². The molecular formula is C59H92O6. The second-order valence-corrected chi connectivity index (χ2v) is 16.3. The number of allylic oxidation sites excluding steroid dienone is 22. The van der Waals surface area contributed by atoms with Crippen LogP contribution < -0.4 is 0 Å². The van der Waals surface area contributed by atoms with Crippen molar-refractivity contribution in [2.24, 2.45) is 0 Å². The quantitative estimate of drug-likeness (QED) is 0.0262. The Morgan fingerprint density at radius 2 is 0.662 bits per heavy atom. The lowest BCUT2D eigenvalue weighted by Crippen LogP contribution is -2.30. The van der Waals surface area contributed by atoms with Crippen LogP contribution in [0.5, 0.6) is 0 Å². The molecule has 0 spiro atoms. The number of hydrogen-bond donors (Lipinski definition) is 0. The minimum absolute atomic E-state index is 0.132. The fourth-order valence-electron chi connectivity index (χ4n) is 6.26. The lowest BCUT2D eigenvalue weighted by molar-refractivity contribution is -0.166. The highest BCUT2D eigenvalue weighted by Gasteiger charge is 2.19. The van der Waals surface area contributed by atoms with E-state index in [4.69, 9.17) is 14.2 Å². The van der Waals surface area contributed by atoms with E-state index in [9.17, 15) is 14.4 Å². The van der Waals surface area contributed by atoms with Crippen molar-refractivity contribution in [3.05, 3.63) is 134 Å². The first-order valence-electron chi connectivity index (χ1n) is 25.7. The smallest absolute Gasteiger partial charge is 0.306 e. The van der Waals surface area contributed by atoms with E-state index in [1.165, 1.54) is 51.4 Å². The molecule has 0 radical (unpaired) electrons. The maximum Gasteiger partial charge on any atom is 0.306 e. The molecule has 0 aromatic heterocycles. The fourth-order valence-corrected chi connectivity index (χ4v) is 6.26. The van der Waals surface area contributed by atoms with Crippen LogP contribution in [0, 0.1) is 0 Å². The molecule has 0 saturated carbocycles. The van der Waals surface area contributed by atoms with Crippen LogP contribution in [0.15, 0.2) is 134 Å². The molecule has 0 N–H and O–H groups in total. The normalized spacial score (nSPS) is 13.2. The molecule has 0 aliphatic rings. The van der Waals surface area contributed by atoms with Crippen LogP contribution in [0.3, 0.4) is 0 Å². The molecule has 0 fully saturated rings. The van der Waals surface area contributed by atoms with Gasteiger partial charge in [0.05, 0.1) is 0 Å². The van der Waals surface area contributed by atoms with Crippen LogP contribution in [-0.4, -0.2) is 37.2 Å². The number of esters is 3. The SMILES string of the molecule is CC/C=C\C/C=C\C/C=C\C/C=C\C/C=C\C/C=C\CCC(=O)OC[C@H](COC(=O)CCCCCCC/C=C\CCCC)OC(=O)CCC/C=C\C/C=C\C/C=C\C/C=C\CCCCC. The predicted octanol–water partition coefficient (Wildman–Crippen LogP) is 17.1. The molecule has 0 heterocycles.